The molecule has 2 aromatic rings. The first-order valence-corrected chi connectivity index (χ1v) is 7.80. The number of nitrogens with one attached hydrogen (secondary N) is 1. The molecule has 23 heavy (non-hydrogen) atoms. The van der Waals surface area contributed by atoms with Gasteiger partial charge in [0.2, 0.25) is 0 Å². The standard InChI is InChI=1S/C20H20N2O/c1-2-3-7-16-10-12-19(13-11-16)22-20(23)18(15-21)14-17-8-5-4-6-9-17/h4-6,8-14H,2-3,7H2,1H3,(H,22,23)/b18-14-. The average Bonchev–Trinajstić information content (AvgIpc) is 2.60. The van der Waals surface area contributed by atoms with Gasteiger partial charge in [0.05, 0.1) is 0 Å². The van der Waals surface area contributed by atoms with Gasteiger partial charge in [0.15, 0.2) is 0 Å². The first-order chi connectivity index (χ1) is 11.2. The number of aryl methyl sites for hydroxylation is 1. The Bertz CT molecular complexity index is 710. The van der Waals surface area contributed by atoms with Crippen LogP contribution in [0.1, 0.15) is 30.9 Å². The lowest BCUT2D eigenvalue weighted by Crippen LogP contribution is -2.13. The van der Waals surface area contributed by atoms with Gasteiger partial charge in [-0.3, -0.25) is 4.79 Å². The summed E-state index contributed by atoms with van der Waals surface area (Å²) in [6.45, 7) is 2.16. The third-order valence-corrected chi connectivity index (χ3v) is 3.51. The van der Waals surface area contributed by atoms with Crippen molar-refractivity contribution in [2.45, 2.75) is 26.2 Å². The zero-order chi connectivity index (χ0) is 16.5. The third kappa shape index (κ3) is 5.12. The number of nitriles is 1. The molecular formula is C20H20N2O. The van der Waals surface area contributed by atoms with Gasteiger partial charge in [-0.1, -0.05) is 55.8 Å². The molecule has 0 unspecified atom stereocenters. The molecule has 116 valence electrons. The Hall–Kier alpha value is -2.86. The van der Waals surface area contributed by atoms with E-state index in [1.54, 1.807) is 6.08 Å². The highest BCUT2D eigenvalue weighted by molar-refractivity contribution is 6.09. The van der Waals surface area contributed by atoms with Crippen molar-refractivity contribution in [1.29, 1.82) is 5.26 Å². The van der Waals surface area contributed by atoms with Crippen LogP contribution >= 0.6 is 0 Å². The molecule has 2 aromatic carbocycles. The normalized spacial score (nSPS) is 10.9. The summed E-state index contributed by atoms with van der Waals surface area (Å²) in [4.78, 5) is 12.2. The molecule has 0 fully saturated rings. The summed E-state index contributed by atoms with van der Waals surface area (Å²) >= 11 is 0. The number of carbonyl (C=O) groups excluding carboxylic acids is 1. The lowest BCUT2D eigenvalue weighted by Gasteiger charge is -2.06. The van der Waals surface area contributed by atoms with E-state index in [0.717, 1.165) is 24.8 Å². The molecule has 3 nitrogen and oxygen atoms in total. The Balaban J connectivity index is 2.05. The molecule has 0 saturated carbocycles. The lowest BCUT2D eigenvalue weighted by molar-refractivity contribution is -0.112. The number of carbonyl (C=O) groups is 1. The van der Waals surface area contributed by atoms with E-state index >= 15 is 0 Å². The first kappa shape index (κ1) is 16.5. The van der Waals surface area contributed by atoms with Crippen molar-refractivity contribution in [3.05, 3.63) is 71.3 Å². The summed E-state index contributed by atoms with van der Waals surface area (Å²) in [5.74, 6) is -0.391. The second-order valence-corrected chi connectivity index (χ2v) is 5.34. The second-order valence-electron chi connectivity index (χ2n) is 5.34. The van der Waals surface area contributed by atoms with E-state index in [9.17, 15) is 10.1 Å². The maximum atomic E-state index is 12.2. The van der Waals surface area contributed by atoms with Crippen molar-refractivity contribution >= 4 is 17.7 Å². The molecule has 2 rings (SSSR count). The summed E-state index contributed by atoms with van der Waals surface area (Å²) in [7, 11) is 0. The maximum absolute atomic E-state index is 12.2. The summed E-state index contributed by atoms with van der Waals surface area (Å²) in [5.41, 5.74) is 2.87. The van der Waals surface area contributed by atoms with Gasteiger partial charge in [0.25, 0.3) is 5.91 Å². The highest BCUT2D eigenvalue weighted by atomic mass is 16.1. The average molecular weight is 304 g/mol. The molecule has 0 spiro atoms. The third-order valence-electron chi connectivity index (χ3n) is 3.51. The number of hydrogen-bond acceptors (Lipinski definition) is 2. The van der Waals surface area contributed by atoms with Gasteiger partial charge in [0.1, 0.15) is 11.6 Å². The van der Waals surface area contributed by atoms with Gasteiger partial charge < -0.3 is 5.32 Å². The highest BCUT2D eigenvalue weighted by Gasteiger charge is 2.09. The van der Waals surface area contributed by atoms with Gasteiger partial charge in [-0.05, 0) is 42.2 Å². The molecule has 0 bridgehead atoms. The van der Waals surface area contributed by atoms with Crippen LogP contribution in [-0.2, 0) is 11.2 Å². The summed E-state index contributed by atoms with van der Waals surface area (Å²) < 4.78 is 0. The van der Waals surface area contributed by atoms with Crippen molar-refractivity contribution in [3.8, 4) is 6.07 Å². The minimum Gasteiger partial charge on any atom is -0.321 e. The number of anilines is 1. The molecular weight excluding hydrogens is 284 g/mol. The SMILES string of the molecule is CCCCc1ccc(NC(=O)/C(C#N)=C\c2ccccc2)cc1. The number of benzene rings is 2. The second kappa shape index (κ2) is 8.55. The fourth-order valence-corrected chi connectivity index (χ4v) is 2.20. The van der Waals surface area contributed by atoms with Gasteiger partial charge in [-0.2, -0.15) is 5.26 Å². The Morgan fingerprint density at radius 1 is 1.13 bits per heavy atom. The minimum absolute atomic E-state index is 0.0891. The van der Waals surface area contributed by atoms with E-state index in [1.807, 2.05) is 60.7 Å². The molecule has 0 atom stereocenters. The van der Waals surface area contributed by atoms with Gasteiger partial charge >= 0.3 is 0 Å². The largest absolute Gasteiger partial charge is 0.321 e. The molecule has 3 heteroatoms. The van der Waals surface area contributed by atoms with Crippen molar-refractivity contribution in [3.63, 3.8) is 0 Å². The van der Waals surface area contributed by atoms with E-state index in [0.29, 0.717) is 5.69 Å². The molecule has 0 aromatic heterocycles. The quantitative estimate of drug-likeness (QED) is 0.627. The Morgan fingerprint density at radius 3 is 2.43 bits per heavy atom. The predicted octanol–water partition coefficient (Wildman–Crippen LogP) is 4.57. The van der Waals surface area contributed by atoms with Gasteiger partial charge in [0, 0.05) is 5.69 Å². The topological polar surface area (TPSA) is 52.9 Å². The van der Waals surface area contributed by atoms with E-state index in [4.69, 9.17) is 0 Å². The van der Waals surface area contributed by atoms with Crippen LogP contribution in [0.15, 0.2) is 60.2 Å². The maximum Gasteiger partial charge on any atom is 0.266 e. The molecule has 1 amide bonds. The monoisotopic (exact) mass is 304 g/mol. The summed E-state index contributed by atoms with van der Waals surface area (Å²) in [6, 6.07) is 19.1. The fraction of sp³-hybridized carbons (Fsp3) is 0.200. The number of nitrogens with zero attached hydrogens (tertiary/aromatic N) is 1. The van der Waals surface area contributed by atoms with Crippen molar-refractivity contribution in [2.24, 2.45) is 0 Å². The van der Waals surface area contributed by atoms with Gasteiger partial charge in [-0.25, -0.2) is 0 Å². The molecule has 0 heterocycles. The molecule has 0 saturated heterocycles. The zero-order valence-electron chi connectivity index (χ0n) is 13.3. The van der Waals surface area contributed by atoms with E-state index < -0.39 is 5.91 Å². The predicted molar refractivity (Wildman–Crippen MR) is 93.7 cm³/mol. The van der Waals surface area contributed by atoms with Crippen LogP contribution < -0.4 is 5.32 Å². The molecule has 0 radical (unpaired) electrons. The lowest BCUT2D eigenvalue weighted by atomic mass is 10.1. The number of rotatable bonds is 6. The fourth-order valence-electron chi connectivity index (χ4n) is 2.20. The summed E-state index contributed by atoms with van der Waals surface area (Å²) in [5, 5.41) is 12.0. The molecule has 0 aliphatic heterocycles. The van der Waals surface area contributed by atoms with Crippen LogP contribution in [0.2, 0.25) is 0 Å². The highest BCUT2D eigenvalue weighted by Crippen LogP contribution is 2.14. The van der Waals surface area contributed by atoms with E-state index in [-0.39, 0.29) is 5.57 Å². The smallest absolute Gasteiger partial charge is 0.266 e. The van der Waals surface area contributed by atoms with Crippen LogP contribution in [0, 0.1) is 11.3 Å². The first-order valence-electron chi connectivity index (χ1n) is 7.80. The number of unbranched alkanes of at least 4 members (excludes halogenated alkanes) is 1. The Kier molecular flexibility index (Phi) is 6.14. The van der Waals surface area contributed by atoms with Crippen molar-refractivity contribution in [2.75, 3.05) is 5.32 Å². The zero-order valence-corrected chi connectivity index (χ0v) is 13.3. The summed E-state index contributed by atoms with van der Waals surface area (Å²) in [6.07, 6.45) is 4.95. The van der Waals surface area contributed by atoms with Crippen LogP contribution in [0.25, 0.3) is 6.08 Å². The molecule has 0 aliphatic carbocycles. The minimum atomic E-state index is -0.391. The molecule has 1 N–H and O–H groups in total. The Labute approximate surface area is 137 Å². The van der Waals surface area contributed by atoms with E-state index in [2.05, 4.69) is 12.2 Å². The van der Waals surface area contributed by atoms with E-state index in [1.165, 1.54) is 5.56 Å². The van der Waals surface area contributed by atoms with Crippen LogP contribution in [0.5, 0.6) is 0 Å². The van der Waals surface area contributed by atoms with Crippen molar-refractivity contribution in [1.82, 2.24) is 0 Å². The van der Waals surface area contributed by atoms with Crippen molar-refractivity contribution < 1.29 is 4.79 Å². The Morgan fingerprint density at radius 2 is 1.83 bits per heavy atom. The van der Waals surface area contributed by atoms with Gasteiger partial charge in [-0.15, -0.1) is 0 Å². The van der Waals surface area contributed by atoms with Crippen LogP contribution in [0.3, 0.4) is 0 Å². The number of amides is 1. The van der Waals surface area contributed by atoms with Crippen LogP contribution in [0.4, 0.5) is 5.69 Å². The van der Waals surface area contributed by atoms with Crippen LogP contribution in [-0.4, -0.2) is 5.91 Å². The number of hydrogen-bond donors (Lipinski definition) is 1. The molecule has 0 aliphatic rings.